The molecule has 0 aliphatic carbocycles. The Bertz CT molecular complexity index is 1310. The highest BCUT2D eigenvalue weighted by atomic mass is 16.5. The van der Waals surface area contributed by atoms with E-state index in [2.05, 4.69) is 13.8 Å². The molecule has 36 heavy (non-hydrogen) atoms. The molecule has 0 spiro atoms. The third kappa shape index (κ3) is 5.00. The van der Waals surface area contributed by atoms with Crippen LogP contribution in [-0.4, -0.2) is 60.9 Å². The molecule has 0 bridgehead atoms. The number of ether oxygens (including phenoxy) is 1. The van der Waals surface area contributed by atoms with E-state index in [4.69, 9.17) is 4.74 Å². The molecule has 1 aliphatic heterocycles. The Morgan fingerprint density at radius 1 is 1.00 bits per heavy atom. The molecule has 6 nitrogen and oxygen atoms in total. The van der Waals surface area contributed by atoms with Gasteiger partial charge in [0, 0.05) is 12.1 Å². The van der Waals surface area contributed by atoms with E-state index in [9.17, 15) is 14.7 Å². The summed E-state index contributed by atoms with van der Waals surface area (Å²) in [4.78, 5) is 30.1. The third-order valence-electron chi connectivity index (χ3n) is 6.78. The van der Waals surface area contributed by atoms with E-state index in [-0.39, 0.29) is 11.3 Å². The second kappa shape index (κ2) is 10.5. The molecule has 0 aromatic heterocycles. The molecule has 1 N–H and O–H groups in total. The number of benzene rings is 3. The largest absolute Gasteiger partial charge is 0.507 e. The number of fused-ring (bicyclic) bond motifs is 1. The maximum absolute atomic E-state index is 13.3. The molecular weight excluding hydrogens is 452 g/mol. The van der Waals surface area contributed by atoms with E-state index >= 15 is 0 Å². The number of likely N-dealkylation sites (tertiary alicyclic amines) is 1. The Balaban J connectivity index is 1.80. The molecule has 1 fully saturated rings. The number of Topliss-reactive ketones (excluding diaryl/α,β-unsaturated/α-hetero) is 1. The van der Waals surface area contributed by atoms with E-state index in [0.29, 0.717) is 18.0 Å². The number of amides is 1. The van der Waals surface area contributed by atoms with Gasteiger partial charge in [-0.05, 0) is 73.1 Å². The van der Waals surface area contributed by atoms with Crippen LogP contribution in [-0.2, 0) is 9.59 Å². The van der Waals surface area contributed by atoms with Crippen molar-refractivity contribution in [2.45, 2.75) is 32.2 Å². The molecule has 4 rings (SSSR count). The molecule has 0 radical (unpaired) electrons. The first-order chi connectivity index (χ1) is 17.2. The van der Waals surface area contributed by atoms with Crippen LogP contribution in [0.3, 0.4) is 0 Å². The van der Waals surface area contributed by atoms with Crippen LogP contribution in [0.1, 0.15) is 48.9 Å². The standard InChI is InChI=1S/C30H34N2O4/c1-19(2)20-7-9-21(10-8-20)27-26(29(34)30(35)32(27)16-6-15-31(3)4)28(33)24-12-11-23-18-25(36-5)14-13-22(23)17-24/h7-14,17-19,27,33H,6,15-16H2,1-5H3/b28-26+. The summed E-state index contributed by atoms with van der Waals surface area (Å²) in [6.07, 6.45) is 0.721. The maximum atomic E-state index is 13.3. The highest BCUT2D eigenvalue weighted by Gasteiger charge is 2.45. The lowest BCUT2D eigenvalue weighted by Gasteiger charge is -2.26. The first-order valence-electron chi connectivity index (χ1n) is 12.3. The summed E-state index contributed by atoms with van der Waals surface area (Å²) in [7, 11) is 5.57. The summed E-state index contributed by atoms with van der Waals surface area (Å²) in [5.41, 5.74) is 2.63. The third-order valence-corrected chi connectivity index (χ3v) is 6.78. The number of hydrogen-bond donors (Lipinski definition) is 1. The molecule has 1 heterocycles. The lowest BCUT2D eigenvalue weighted by atomic mass is 9.92. The lowest BCUT2D eigenvalue weighted by Crippen LogP contribution is -2.32. The van der Waals surface area contributed by atoms with Gasteiger partial charge in [-0.15, -0.1) is 0 Å². The second-order valence-electron chi connectivity index (χ2n) is 9.90. The Morgan fingerprint density at radius 3 is 2.31 bits per heavy atom. The van der Waals surface area contributed by atoms with Gasteiger partial charge in [-0.3, -0.25) is 9.59 Å². The quantitative estimate of drug-likeness (QED) is 0.264. The minimum absolute atomic E-state index is 0.134. The first-order valence-corrected chi connectivity index (χ1v) is 12.3. The highest BCUT2D eigenvalue weighted by molar-refractivity contribution is 6.46. The van der Waals surface area contributed by atoms with Crippen LogP contribution in [0.15, 0.2) is 66.2 Å². The highest BCUT2D eigenvalue weighted by Crippen LogP contribution is 2.40. The summed E-state index contributed by atoms with van der Waals surface area (Å²) in [6.45, 7) is 5.46. The van der Waals surface area contributed by atoms with Gasteiger partial charge < -0.3 is 19.6 Å². The summed E-state index contributed by atoms with van der Waals surface area (Å²) in [6, 6.07) is 18.5. The minimum atomic E-state index is -0.648. The molecule has 1 aliphatic rings. The first kappa shape index (κ1) is 25.5. The van der Waals surface area contributed by atoms with Gasteiger partial charge in [-0.25, -0.2) is 0 Å². The Hall–Kier alpha value is -3.64. The van der Waals surface area contributed by atoms with Crippen molar-refractivity contribution in [3.63, 3.8) is 0 Å². The van der Waals surface area contributed by atoms with Gasteiger partial charge >= 0.3 is 0 Å². The van der Waals surface area contributed by atoms with Gasteiger partial charge in [0.1, 0.15) is 11.5 Å². The van der Waals surface area contributed by atoms with E-state index in [1.165, 1.54) is 5.56 Å². The number of rotatable bonds is 8. The number of ketones is 1. The lowest BCUT2D eigenvalue weighted by molar-refractivity contribution is -0.139. The molecule has 6 heteroatoms. The topological polar surface area (TPSA) is 70.1 Å². The van der Waals surface area contributed by atoms with Crippen molar-refractivity contribution < 1.29 is 19.4 Å². The van der Waals surface area contributed by atoms with Crippen molar-refractivity contribution in [3.8, 4) is 5.75 Å². The van der Waals surface area contributed by atoms with Crippen molar-refractivity contribution >= 4 is 28.2 Å². The van der Waals surface area contributed by atoms with Crippen LogP contribution < -0.4 is 4.74 Å². The molecule has 3 aromatic carbocycles. The summed E-state index contributed by atoms with van der Waals surface area (Å²) in [5, 5.41) is 13.3. The van der Waals surface area contributed by atoms with Gasteiger partial charge in [0.2, 0.25) is 0 Å². The fraction of sp³-hybridized carbons (Fsp3) is 0.333. The number of carbonyl (C=O) groups excluding carboxylic acids is 2. The van der Waals surface area contributed by atoms with Crippen molar-refractivity contribution in [2.24, 2.45) is 0 Å². The number of nitrogens with zero attached hydrogens (tertiary/aromatic N) is 2. The van der Waals surface area contributed by atoms with Crippen LogP contribution in [0.2, 0.25) is 0 Å². The Kier molecular flexibility index (Phi) is 7.45. The summed E-state index contributed by atoms with van der Waals surface area (Å²) >= 11 is 0. The maximum Gasteiger partial charge on any atom is 0.295 e. The zero-order valence-corrected chi connectivity index (χ0v) is 21.6. The molecular formula is C30H34N2O4. The minimum Gasteiger partial charge on any atom is -0.507 e. The number of aliphatic hydroxyl groups is 1. The van der Waals surface area contributed by atoms with Crippen LogP contribution in [0, 0.1) is 0 Å². The summed E-state index contributed by atoms with van der Waals surface area (Å²) < 4.78 is 5.30. The van der Waals surface area contributed by atoms with E-state index in [0.717, 1.165) is 35.1 Å². The van der Waals surface area contributed by atoms with Crippen LogP contribution >= 0.6 is 0 Å². The van der Waals surface area contributed by atoms with E-state index in [1.54, 1.807) is 18.1 Å². The van der Waals surface area contributed by atoms with Gasteiger partial charge in [0.25, 0.3) is 11.7 Å². The Morgan fingerprint density at radius 2 is 1.67 bits per heavy atom. The summed E-state index contributed by atoms with van der Waals surface area (Å²) in [5.74, 6) is -0.266. The fourth-order valence-corrected chi connectivity index (χ4v) is 4.73. The predicted octanol–water partition coefficient (Wildman–Crippen LogP) is 5.35. The van der Waals surface area contributed by atoms with E-state index < -0.39 is 17.7 Å². The average molecular weight is 487 g/mol. The number of aliphatic hydroxyl groups excluding tert-OH is 1. The molecule has 1 saturated heterocycles. The van der Waals surface area contributed by atoms with Gasteiger partial charge in [0.15, 0.2) is 0 Å². The number of hydrogen-bond acceptors (Lipinski definition) is 5. The van der Waals surface area contributed by atoms with Crippen LogP contribution in [0.25, 0.3) is 16.5 Å². The zero-order chi connectivity index (χ0) is 26.0. The van der Waals surface area contributed by atoms with Gasteiger partial charge in [0.05, 0.1) is 18.7 Å². The Labute approximate surface area is 212 Å². The molecule has 1 unspecified atom stereocenters. The number of carbonyl (C=O) groups is 2. The molecule has 3 aromatic rings. The van der Waals surface area contributed by atoms with Crippen molar-refractivity contribution in [1.82, 2.24) is 9.80 Å². The SMILES string of the molecule is COc1ccc2cc(/C(O)=C3\C(=O)C(=O)N(CCCN(C)C)C3c3ccc(C(C)C)cc3)ccc2c1. The zero-order valence-electron chi connectivity index (χ0n) is 21.6. The van der Waals surface area contributed by atoms with Crippen molar-refractivity contribution in [3.05, 3.63) is 82.9 Å². The number of methoxy groups -OCH3 is 1. The van der Waals surface area contributed by atoms with Gasteiger partial charge in [-0.1, -0.05) is 56.3 Å². The molecule has 1 amide bonds. The van der Waals surface area contributed by atoms with Crippen molar-refractivity contribution in [1.29, 1.82) is 0 Å². The normalized spacial score (nSPS) is 17.5. The molecule has 0 saturated carbocycles. The monoisotopic (exact) mass is 486 g/mol. The fourth-order valence-electron chi connectivity index (χ4n) is 4.73. The van der Waals surface area contributed by atoms with Crippen LogP contribution in [0.5, 0.6) is 5.75 Å². The molecule has 1 atom stereocenters. The molecule has 188 valence electrons. The van der Waals surface area contributed by atoms with Crippen molar-refractivity contribution in [2.75, 3.05) is 34.3 Å². The van der Waals surface area contributed by atoms with E-state index in [1.807, 2.05) is 73.6 Å². The van der Waals surface area contributed by atoms with Gasteiger partial charge in [-0.2, -0.15) is 0 Å². The second-order valence-corrected chi connectivity index (χ2v) is 9.90. The van der Waals surface area contributed by atoms with Crippen LogP contribution in [0.4, 0.5) is 0 Å². The average Bonchev–Trinajstić information content (AvgIpc) is 3.12. The predicted molar refractivity (Wildman–Crippen MR) is 143 cm³/mol. The smallest absolute Gasteiger partial charge is 0.295 e.